The minimum atomic E-state index is -0.680. The smallest absolute Gasteiger partial charge is 0.259 e. The number of furan rings is 1. The first kappa shape index (κ1) is 18.8. The van der Waals surface area contributed by atoms with E-state index in [1.54, 1.807) is 30.3 Å². The van der Waals surface area contributed by atoms with Crippen molar-refractivity contribution in [2.24, 2.45) is 0 Å². The van der Waals surface area contributed by atoms with Gasteiger partial charge in [0, 0.05) is 5.56 Å². The van der Waals surface area contributed by atoms with E-state index in [4.69, 9.17) is 24.7 Å². The van der Waals surface area contributed by atoms with Gasteiger partial charge in [-0.2, -0.15) is 0 Å². The number of rotatable bonds is 5. The molecule has 7 nitrogen and oxygen atoms in total. The van der Waals surface area contributed by atoms with Crippen molar-refractivity contribution in [1.82, 2.24) is 0 Å². The summed E-state index contributed by atoms with van der Waals surface area (Å²) in [7, 11) is 1.43. The van der Waals surface area contributed by atoms with Crippen molar-refractivity contribution in [3.05, 3.63) is 83.6 Å². The Hall–Kier alpha value is -3.94. The zero-order valence-corrected chi connectivity index (χ0v) is 14.8. The van der Waals surface area contributed by atoms with E-state index < -0.39 is 17.6 Å². The molecule has 0 atom stereocenters. The molecule has 0 unspecified atom stereocenters. The molecule has 1 amide bonds. The lowest BCUT2D eigenvalue weighted by molar-refractivity contribution is 0.102. The van der Waals surface area contributed by atoms with Gasteiger partial charge in [0.25, 0.3) is 11.8 Å². The van der Waals surface area contributed by atoms with Gasteiger partial charge in [-0.25, -0.2) is 4.39 Å². The Balaban J connectivity index is 1.78. The summed E-state index contributed by atoms with van der Waals surface area (Å²) >= 11 is 0. The summed E-state index contributed by atoms with van der Waals surface area (Å²) in [5.41, 5.74) is 0.278. The molecule has 28 heavy (non-hydrogen) atoms. The van der Waals surface area contributed by atoms with Gasteiger partial charge in [0.1, 0.15) is 11.6 Å². The highest BCUT2D eigenvalue weighted by atomic mass is 19.1. The molecule has 2 aromatic carbocycles. The summed E-state index contributed by atoms with van der Waals surface area (Å²) in [6.07, 6.45) is 1.38. The molecule has 142 valence electrons. The van der Waals surface area contributed by atoms with Crippen LogP contribution in [0.2, 0.25) is 0 Å². The maximum absolute atomic E-state index is 14.2. The Labute approximate surface area is 159 Å². The Morgan fingerprint density at radius 3 is 2.57 bits per heavy atom. The molecule has 0 aliphatic heterocycles. The van der Waals surface area contributed by atoms with Crippen LogP contribution in [0.5, 0.6) is 5.75 Å². The molecule has 1 aromatic heterocycles. The van der Waals surface area contributed by atoms with Crippen LogP contribution < -0.4 is 10.1 Å². The number of benzene rings is 2. The normalized spacial score (nSPS) is 10.2. The van der Waals surface area contributed by atoms with E-state index in [0.29, 0.717) is 5.75 Å². The van der Waals surface area contributed by atoms with Crippen LogP contribution in [0.15, 0.2) is 65.3 Å². The second kappa shape index (κ2) is 8.17. The molecule has 0 saturated carbocycles. The van der Waals surface area contributed by atoms with Crippen molar-refractivity contribution >= 4 is 23.4 Å². The van der Waals surface area contributed by atoms with Crippen LogP contribution in [-0.4, -0.2) is 24.8 Å². The minimum Gasteiger partial charge on any atom is -0.496 e. The van der Waals surface area contributed by atoms with Crippen molar-refractivity contribution < 1.29 is 23.1 Å². The van der Waals surface area contributed by atoms with Gasteiger partial charge in [0.2, 0.25) is 5.90 Å². The summed E-state index contributed by atoms with van der Waals surface area (Å²) in [5, 5.41) is 18.2. The lowest BCUT2D eigenvalue weighted by Gasteiger charge is -2.12. The number of nitrogens with one attached hydrogen (secondary N) is 3. The van der Waals surface area contributed by atoms with Gasteiger partial charge >= 0.3 is 0 Å². The molecule has 0 aliphatic rings. The number of ether oxygens (including phenoxy) is 2. The van der Waals surface area contributed by atoms with Gasteiger partial charge in [-0.15, -0.1) is 0 Å². The highest BCUT2D eigenvalue weighted by Crippen LogP contribution is 2.22. The van der Waals surface area contributed by atoms with E-state index in [0.717, 1.165) is 6.07 Å². The number of halogens is 1. The number of methoxy groups -OCH3 is 1. The number of carbonyl (C=O) groups is 1. The molecule has 1 heterocycles. The number of hydrogen-bond acceptors (Lipinski definition) is 6. The van der Waals surface area contributed by atoms with Crippen LogP contribution >= 0.6 is 0 Å². The third-order valence-corrected chi connectivity index (χ3v) is 3.78. The maximum atomic E-state index is 14.2. The highest BCUT2D eigenvalue weighted by Gasteiger charge is 2.16. The van der Waals surface area contributed by atoms with Gasteiger partial charge < -0.3 is 19.2 Å². The molecule has 3 rings (SSSR count). The van der Waals surface area contributed by atoms with Crippen molar-refractivity contribution in [2.45, 2.75) is 0 Å². The molecule has 3 N–H and O–H groups in total. The summed E-state index contributed by atoms with van der Waals surface area (Å²) in [6, 6.07) is 13.3. The quantitative estimate of drug-likeness (QED) is 0.458. The second-order valence-corrected chi connectivity index (χ2v) is 5.59. The average Bonchev–Trinajstić information content (AvgIpc) is 3.24. The molecule has 0 radical (unpaired) electrons. The lowest BCUT2D eigenvalue weighted by atomic mass is 10.1. The van der Waals surface area contributed by atoms with Gasteiger partial charge in [-0.3, -0.25) is 15.6 Å². The van der Waals surface area contributed by atoms with Crippen LogP contribution in [0.3, 0.4) is 0 Å². The molecule has 3 aromatic rings. The van der Waals surface area contributed by atoms with Gasteiger partial charge in [0.05, 0.1) is 24.6 Å². The van der Waals surface area contributed by atoms with E-state index in [2.05, 4.69) is 5.32 Å². The third kappa shape index (κ3) is 4.07. The van der Waals surface area contributed by atoms with Gasteiger partial charge in [0.15, 0.2) is 5.76 Å². The predicted molar refractivity (Wildman–Crippen MR) is 101 cm³/mol. The summed E-state index contributed by atoms with van der Waals surface area (Å²) in [6.45, 7) is 0. The van der Waals surface area contributed by atoms with E-state index >= 15 is 0 Å². The van der Waals surface area contributed by atoms with Gasteiger partial charge in [-0.05, 0) is 42.5 Å². The van der Waals surface area contributed by atoms with E-state index in [-0.39, 0.29) is 28.5 Å². The number of anilines is 1. The molecular weight excluding hydrogens is 365 g/mol. The summed E-state index contributed by atoms with van der Waals surface area (Å²) < 4.78 is 29.4. The maximum Gasteiger partial charge on any atom is 0.259 e. The fourth-order valence-electron chi connectivity index (χ4n) is 2.40. The standard InChI is InChI=1S/C20H16FN3O4/c1-26-16-6-3-2-5-13(16)20(25)24-15-11-12(8-9-14(15)21)18(22)28-19(23)17-7-4-10-27-17/h2-11,22-23H,1H3,(H,24,25). The third-order valence-electron chi connectivity index (χ3n) is 3.78. The molecular formula is C20H16FN3O4. The SMILES string of the molecule is COc1ccccc1C(=O)Nc1cc(C(=N)OC(=N)c2ccco2)ccc1F. The molecule has 0 bridgehead atoms. The van der Waals surface area contributed by atoms with E-state index in [9.17, 15) is 9.18 Å². The molecule has 0 saturated heterocycles. The molecule has 8 heteroatoms. The molecule has 0 aliphatic carbocycles. The Morgan fingerprint density at radius 2 is 1.86 bits per heavy atom. The van der Waals surface area contributed by atoms with Crippen LogP contribution in [0.1, 0.15) is 21.7 Å². The minimum absolute atomic E-state index is 0.133. The first-order chi connectivity index (χ1) is 13.5. The van der Waals surface area contributed by atoms with Crippen LogP contribution in [0.4, 0.5) is 10.1 Å². The monoisotopic (exact) mass is 381 g/mol. The second-order valence-electron chi connectivity index (χ2n) is 5.59. The largest absolute Gasteiger partial charge is 0.496 e. The predicted octanol–water partition coefficient (Wildman–Crippen LogP) is 4.05. The number of carbonyl (C=O) groups excluding carboxylic acids is 1. The lowest BCUT2D eigenvalue weighted by Crippen LogP contribution is -2.16. The highest BCUT2D eigenvalue weighted by molar-refractivity contribution is 6.07. The first-order valence-corrected chi connectivity index (χ1v) is 8.12. The van der Waals surface area contributed by atoms with Crippen LogP contribution in [0, 0.1) is 16.6 Å². The summed E-state index contributed by atoms with van der Waals surface area (Å²) in [5.74, 6) is -1.51. The number of amides is 1. The number of hydrogen-bond donors (Lipinski definition) is 3. The number of para-hydroxylation sites is 1. The van der Waals surface area contributed by atoms with E-state index in [1.165, 1.54) is 31.6 Å². The van der Waals surface area contributed by atoms with Crippen molar-refractivity contribution in [2.75, 3.05) is 12.4 Å². The van der Waals surface area contributed by atoms with Crippen LogP contribution in [-0.2, 0) is 4.74 Å². The fraction of sp³-hybridized carbons (Fsp3) is 0.0500. The molecule has 0 fully saturated rings. The average molecular weight is 381 g/mol. The Kier molecular flexibility index (Phi) is 5.50. The zero-order valence-electron chi connectivity index (χ0n) is 14.8. The van der Waals surface area contributed by atoms with Crippen molar-refractivity contribution in [3.8, 4) is 5.75 Å². The van der Waals surface area contributed by atoms with Crippen molar-refractivity contribution in [1.29, 1.82) is 10.8 Å². The first-order valence-electron chi connectivity index (χ1n) is 8.12. The Bertz CT molecular complexity index is 1030. The topological polar surface area (TPSA) is 108 Å². The molecule has 0 spiro atoms. The van der Waals surface area contributed by atoms with Crippen LogP contribution in [0.25, 0.3) is 0 Å². The fourth-order valence-corrected chi connectivity index (χ4v) is 2.40. The van der Waals surface area contributed by atoms with Gasteiger partial charge in [-0.1, -0.05) is 12.1 Å². The van der Waals surface area contributed by atoms with Crippen molar-refractivity contribution in [3.63, 3.8) is 0 Å². The Morgan fingerprint density at radius 1 is 1.07 bits per heavy atom. The summed E-state index contributed by atoms with van der Waals surface area (Å²) in [4.78, 5) is 12.5. The zero-order chi connectivity index (χ0) is 20.1. The van der Waals surface area contributed by atoms with E-state index in [1.807, 2.05) is 0 Å².